The summed E-state index contributed by atoms with van der Waals surface area (Å²) >= 11 is 0. The van der Waals surface area contributed by atoms with E-state index in [1.54, 1.807) is 0 Å². The molecule has 1 unspecified atom stereocenters. The van der Waals surface area contributed by atoms with Gasteiger partial charge in [-0.3, -0.25) is 9.69 Å². The number of aromatic amines is 1. The molecule has 1 atom stereocenters. The van der Waals surface area contributed by atoms with Crippen LogP contribution in [-0.2, 0) is 27.6 Å². The highest BCUT2D eigenvalue weighted by molar-refractivity contribution is 7.91. The SMILES string of the molecule is O=C(C(c1ccccc1)N1CCS(=O)(=O)CC1)N1CCc2[nH]c3ccccc3c2C1. The monoisotopic (exact) mass is 423 g/mol. The first kappa shape index (κ1) is 19.3. The van der Waals surface area contributed by atoms with Gasteiger partial charge in [-0.25, -0.2) is 8.42 Å². The summed E-state index contributed by atoms with van der Waals surface area (Å²) in [5.41, 5.74) is 4.43. The molecule has 1 aromatic heterocycles. The van der Waals surface area contributed by atoms with Crippen molar-refractivity contribution in [1.29, 1.82) is 0 Å². The number of hydrogen-bond acceptors (Lipinski definition) is 4. The number of hydrogen-bond donors (Lipinski definition) is 1. The van der Waals surface area contributed by atoms with Gasteiger partial charge >= 0.3 is 0 Å². The number of H-pyrrole nitrogens is 1. The molecule has 2 aromatic carbocycles. The molecule has 2 aliphatic heterocycles. The molecule has 1 amide bonds. The molecule has 3 aromatic rings. The van der Waals surface area contributed by atoms with Crippen LogP contribution in [0.3, 0.4) is 0 Å². The maximum absolute atomic E-state index is 13.8. The lowest BCUT2D eigenvalue weighted by Gasteiger charge is -2.38. The smallest absolute Gasteiger partial charge is 0.244 e. The zero-order valence-electron chi connectivity index (χ0n) is 16.8. The molecule has 1 N–H and O–H groups in total. The number of benzene rings is 2. The Balaban J connectivity index is 1.45. The van der Waals surface area contributed by atoms with Gasteiger partial charge in [0.05, 0.1) is 11.5 Å². The number of amides is 1. The van der Waals surface area contributed by atoms with Crippen LogP contribution in [0.1, 0.15) is 22.9 Å². The van der Waals surface area contributed by atoms with Crippen LogP contribution >= 0.6 is 0 Å². The van der Waals surface area contributed by atoms with E-state index in [1.165, 1.54) is 16.6 Å². The van der Waals surface area contributed by atoms with Gasteiger partial charge in [0, 0.05) is 54.8 Å². The Morgan fingerprint density at radius 3 is 2.40 bits per heavy atom. The number of nitrogens with zero attached hydrogens (tertiary/aromatic N) is 2. The molecule has 1 saturated heterocycles. The van der Waals surface area contributed by atoms with Gasteiger partial charge in [-0.05, 0) is 11.6 Å². The van der Waals surface area contributed by atoms with Gasteiger partial charge in [0.15, 0.2) is 9.84 Å². The van der Waals surface area contributed by atoms with Crippen molar-refractivity contribution in [3.05, 3.63) is 71.4 Å². The summed E-state index contributed by atoms with van der Waals surface area (Å²) in [6.07, 6.45) is 0.797. The summed E-state index contributed by atoms with van der Waals surface area (Å²) in [6.45, 7) is 2.02. The van der Waals surface area contributed by atoms with Gasteiger partial charge < -0.3 is 9.88 Å². The minimum Gasteiger partial charge on any atom is -0.358 e. The molecule has 1 fully saturated rings. The van der Waals surface area contributed by atoms with E-state index in [2.05, 4.69) is 17.1 Å². The lowest BCUT2D eigenvalue weighted by Crippen LogP contribution is -2.49. The first-order chi connectivity index (χ1) is 14.5. The summed E-state index contributed by atoms with van der Waals surface area (Å²) in [7, 11) is -3.01. The van der Waals surface area contributed by atoms with Crippen molar-refractivity contribution in [2.45, 2.75) is 19.0 Å². The Hall–Kier alpha value is -2.64. The maximum Gasteiger partial charge on any atom is 0.244 e. The Morgan fingerprint density at radius 1 is 0.933 bits per heavy atom. The highest BCUT2D eigenvalue weighted by Crippen LogP contribution is 2.31. The average molecular weight is 424 g/mol. The molecule has 0 aliphatic carbocycles. The minimum atomic E-state index is -3.01. The van der Waals surface area contributed by atoms with E-state index < -0.39 is 15.9 Å². The first-order valence-corrected chi connectivity index (χ1v) is 12.2. The van der Waals surface area contributed by atoms with Crippen molar-refractivity contribution in [2.24, 2.45) is 0 Å². The molecular weight excluding hydrogens is 398 g/mol. The predicted octanol–water partition coefficient (Wildman–Crippen LogP) is 2.52. The summed E-state index contributed by atoms with van der Waals surface area (Å²) < 4.78 is 23.9. The van der Waals surface area contributed by atoms with Crippen LogP contribution in [0.4, 0.5) is 0 Å². The molecule has 2 aliphatic rings. The van der Waals surface area contributed by atoms with Gasteiger partial charge in [-0.15, -0.1) is 0 Å². The van der Waals surface area contributed by atoms with Crippen molar-refractivity contribution in [3.63, 3.8) is 0 Å². The Labute approximate surface area is 176 Å². The number of carbonyl (C=O) groups excluding carboxylic acids is 1. The fourth-order valence-corrected chi connectivity index (χ4v) is 5.89. The number of rotatable bonds is 3. The Kier molecular flexibility index (Phi) is 4.87. The fourth-order valence-electron chi connectivity index (χ4n) is 4.66. The molecule has 156 valence electrons. The number of sulfone groups is 1. The van der Waals surface area contributed by atoms with Crippen LogP contribution in [0, 0.1) is 0 Å². The van der Waals surface area contributed by atoms with Gasteiger partial charge in [-0.2, -0.15) is 0 Å². The van der Waals surface area contributed by atoms with Crippen LogP contribution in [0.2, 0.25) is 0 Å². The van der Waals surface area contributed by atoms with Crippen LogP contribution in [0.5, 0.6) is 0 Å². The molecule has 6 nitrogen and oxygen atoms in total. The third kappa shape index (κ3) is 3.52. The van der Waals surface area contributed by atoms with E-state index in [0.29, 0.717) is 26.2 Å². The highest BCUT2D eigenvalue weighted by Gasteiger charge is 2.36. The highest BCUT2D eigenvalue weighted by atomic mass is 32.2. The van der Waals surface area contributed by atoms with Gasteiger partial charge in [0.2, 0.25) is 5.91 Å². The minimum absolute atomic E-state index is 0.0522. The number of para-hydroxylation sites is 1. The Bertz CT molecular complexity index is 1170. The van der Waals surface area contributed by atoms with Gasteiger partial charge in [0.1, 0.15) is 6.04 Å². The standard InChI is InChI=1S/C23H25N3O3S/c27-23(26-11-10-21-19(16-26)18-8-4-5-9-20(18)24-21)22(17-6-2-1-3-7-17)25-12-14-30(28,29)15-13-25/h1-9,22,24H,10-16H2. The molecule has 5 rings (SSSR count). The molecule has 0 radical (unpaired) electrons. The molecule has 0 spiro atoms. The summed E-state index contributed by atoms with van der Waals surface area (Å²) in [5, 5.41) is 1.17. The Morgan fingerprint density at radius 2 is 1.63 bits per heavy atom. The predicted molar refractivity (Wildman–Crippen MR) is 117 cm³/mol. The number of carbonyl (C=O) groups is 1. The molecule has 0 bridgehead atoms. The average Bonchev–Trinajstić information content (AvgIpc) is 3.13. The van der Waals surface area contributed by atoms with Gasteiger partial charge in [-0.1, -0.05) is 48.5 Å². The largest absolute Gasteiger partial charge is 0.358 e. The van der Waals surface area contributed by atoms with E-state index in [0.717, 1.165) is 17.5 Å². The summed E-state index contributed by atoms with van der Waals surface area (Å²) in [6, 6.07) is 17.5. The molecular formula is C23H25N3O3S. The van der Waals surface area contributed by atoms with Crippen molar-refractivity contribution in [2.75, 3.05) is 31.1 Å². The van der Waals surface area contributed by atoms with Crippen LogP contribution in [0.25, 0.3) is 10.9 Å². The molecule has 7 heteroatoms. The van der Waals surface area contributed by atoms with Gasteiger partial charge in [0.25, 0.3) is 0 Å². The topological polar surface area (TPSA) is 73.5 Å². The van der Waals surface area contributed by atoms with E-state index in [9.17, 15) is 13.2 Å². The van der Waals surface area contributed by atoms with Crippen LogP contribution in [0.15, 0.2) is 54.6 Å². The number of nitrogens with one attached hydrogen (secondary N) is 1. The maximum atomic E-state index is 13.8. The third-order valence-electron chi connectivity index (χ3n) is 6.29. The summed E-state index contributed by atoms with van der Waals surface area (Å²) in [5.74, 6) is 0.267. The normalized spacial score (nSPS) is 20.1. The quantitative estimate of drug-likeness (QED) is 0.703. The molecule has 30 heavy (non-hydrogen) atoms. The lowest BCUT2D eigenvalue weighted by molar-refractivity contribution is -0.138. The second-order valence-electron chi connectivity index (χ2n) is 8.14. The third-order valence-corrected chi connectivity index (χ3v) is 7.90. The van der Waals surface area contributed by atoms with E-state index in [-0.39, 0.29) is 17.4 Å². The second-order valence-corrected chi connectivity index (χ2v) is 10.4. The van der Waals surface area contributed by atoms with Crippen molar-refractivity contribution in [3.8, 4) is 0 Å². The summed E-state index contributed by atoms with van der Waals surface area (Å²) in [4.78, 5) is 21.2. The number of aromatic nitrogens is 1. The van der Waals surface area contributed by atoms with Crippen LogP contribution < -0.4 is 0 Å². The van der Waals surface area contributed by atoms with E-state index >= 15 is 0 Å². The van der Waals surface area contributed by atoms with Crippen LogP contribution in [-0.4, -0.2) is 60.2 Å². The lowest BCUT2D eigenvalue weighted by atomic mass is 10.00. The molecule has 0 saturated carbocycles. The van der Waals surface area contributed by atoms with E-state index in [4.69, 9.17) is 0 Å². The first-order valence-electron chi connectivity index (χ1n) is 10.4. The second kappa shape index (κ2) is 7.56. The number of fused-ring (bicyclic) bond motifs is 3. The fraction of sp³-hybridized carbons (Fsp3) is 0.348. The van der Waals surface area contributed by atoms with Crippen molar-refractivity contribution in [1.82, 2.24) is 14.8 Å². The van der Waals surface area contributed by atoms with Crippen molar-refractivity contribution >= 4 is 26.6 Å². The zero-order chi connectivity index (χ0) is 20.7. The molecule has 3 heterocycles. The zero-order valence-corrected chi connectivity index (χ0v) is 17.6. The van der Waals surface area contributed by atoms with Crippen molar-refractivity contribution < 1.29 is 13.2 Å². The van der Waals surface area contributed by atoms with E-state index in [1.807, 2.05) is 52.3 Å².